The van der Waals surface area contributed by atoms with Crippen LogP contribution in [0.4, 0.5) is 4.79 Å². The van der Waals surface area contributed by atoms with Crippen molar-refractivity contribution >= 4 is 17.9 Å². The molecule has 0 spiro atoms. The van der Waals surface area contributed by atoms with Crippen molar-refractivity contribution in [3.8, 4) is 0 Å². The van der Waals surface area contributed by atoms with Gasteiger partial charge in [-0.15, -0.1) is 11.8 Å². The molecule has 0 fully saturated rings. The molecule has 0 bridgehead atoms. The van der Waals surface area contributed by atoms with E-state index in [-0.39, 0.29) is 6.10 Å². The zero-order valence-electron chi connectivity index (χ0n) is 11.4. The van der Waals surface area contributed by atoms with Crippen LogP contribution < -0.4 is 0 Å². The predicted octanol–water partition coefficient (Wildman–Crippen LogP) is 4.60. The van der Waals surface area contributed by atoms with E-state index in [1.807, 2.05) is 13.8 Å². The van der Waals surface area contributed by atoms with Crippen LogP contribution in [0.25, 0.3) is 0 Å². The maximum atomic E-state index is 11.0. The molecule has 0 atom stereocenters. The average molecular weight is 262 g/mol. The number of carbonyl (C=O) groups is 1. The van der Waals surface area contributed by atoms with Gasteiger partial charge in [-0.2, -0.15) is 0 Å². The van der Waals surface area contributed by atoms with Gasteiger partial charge in [0, 0.05) is 0 Å². The molecule has 0 aromatic heterocycles. The lowest BCUT2D eigenvalue weighted by atomic mass is 10.1. The van der Waals surface area contributed by atoms with E-state index >= 15 is 0 Å². The Labute approximate surface area is 110 Å². The summed E-state index contributed by atoms with van der Waals surface area (Å²) in [6.45, 7) is 5.85. The van der Waals surface area contributed by atoms with E-state index in [1.54, 1.807) is 11.8 Å². The van der Waals surface area contributed by atoms with Gasteiger partial charge in [-0.25, -0.2) is 4.79 Å². The molecule has 0 aliphatic carbocycles. The molecule has 0 radical (unpaired) electrons. The molecule has 0 saturated carbocycles. The van der Waals surface area contributed by atoms with Gasteiger partial charge < -0.3 is 9.47 Å². The smallest absolute Gasteiger partial charge is 0.432 e. The topological polar surface area (TPSA) is 35.5 Å². The number of carbonyl (C=O) groups excluding carboxylic acids is 1. The van der Waals surface area contributed by atoms with Gasteiger partial charge in [-0.1, -0.05) is 39.0 Å². The van der Waals surface area contributed by atoms with E-state index < -0.39 is 6.16 Å². The quantitative estimate of drug-likeness (QED) is 0.327. The fraction of sp³-hybridized carbons (Fsp3) is 0.923. The Morgan fingerprint density at radius 3 is 2.41 bits per heavy atom. The van der Waals surface area contributed by atoms with Crippen LogP contribution in [0.5, 0.6) is 0 Å². The Morgan fingerprint density at radius 2 is 1.76 bits per heavy atom. The molecule has 0 N–H and O–H groups in total. The summed E-state index contributed by atoms with van der Waals surface area (Å²) < 4.78 is 9.75. The van der Waals surface area contributed by atoms with E-state index in [0.29, 0.717) is 5.94 Å². The Hall–Kier alpha value is -0.380. The Balaban J connectivity index is 3.10. The number of ether oxygens (including phenoxy) is 2. The summed E-state index contributed by atoms with van der Waals surface area (Å²) in [6, 6.07) is 0. The molecule has 4 heteroatoms. The molecule has 0 saturated heterocycles. The third-order valence-corrected chi connectivity index (χ3v) is 3.10. The lowest BCUT2D eigenvalue weighted by molar-refractivity contribution is 0.0461. The van der Waals surface area contributed by atoms with Crippen molar-refractivity contribution in [1.29, 1.82) is 0 Å². The van der Waals surface area contributed by atoms with Crippen LogP contribution in [-0.2, 0) is 9.47 Å². The third-order valence-electron chi connectivity index (χ3n) is 2.23. The van der Waals surface area contributed by atoms with Crippen LogP contribution in [0.3, 0.4) is 0 Å². The van der Waals surface area contributed by atoms with E-state index in [9.17, 15) is 4.79 Å². The van der Waals surface area contributed by atoms with E-state index in [2.05, 4.69) is 6.92 Å². The minimum Gasteiger partial charge on any atom is -0.432 e. The van der Waals surface area contributed by atoms with Gasteiger partial charge in [0.05, 0.1) is 6.10 Å². The molecule has 17 heavy (non-hydrogen) atoms. The molecular formula is C13H26O3S. The van der Waals surface area contributed by atoms with Crippen LogP contribution in [-0.4, -0.2) is 24.0 Å². The minimum absolute atomic E-state index is 0.105. The lowest BCUT2D eigenvalue weighted by Gasteiger charge is -2.08. The first-order valence-corrected chi connectivity index (χ1v) is 7.73. The van der Waals surface area contributed by atoms with Crippen molar-refractivity contribution < 1.29 is 14.3 Å². The highest BCUT2D eigenvalue weighted by atomic mass is 32.2. The molecule has 0 amide bonds. The summed E-state index contributed by atoms with van der Waals surface area (Å²) in [5.41, 5.74) is 0. The summed E-state index contributed by atoms with van der Waals surface area (Å²) in [4.78, 5) is 11.0. The first-order valence-electron chi connectivity index (χ1n) is 6.58. The van der Waals surface area contributed by atoms with Crippen LogP contribution in [0.15, 0.2) is 0 Å². The summed E-state index contributed by atoms with van der Waals surface area (Å²) in [5, 5.41) is 0. The molecule has 0 aromatic carbocycles. The number of unbranched alkanes of at least 4 members (excludes halogenated alkanes) is 5. The van der Waals surface area contributed by atoms with Crippen molar-refractivity contribution in [3.05, 3.63) is 0 Å². The van der Waals surface area contributed by atoms with Crippen molar-refractivity contribution in [1.82, 2.24) is 0 Å². The molecule has 3 nitrogen and oxygen atoms in total. The second kappa shape index (κ2) is 12.1. The molecule has 0 unspecified atom stereocenters. The van der Waals surface area contributed by atoms with Gasteiger partial charge in [0.15, 0.2) is 0 Å². The largest absolute Gasteiger partial charge is 0.509 e. The third kappa shape index (κ3) is 13.6. The first kappa shape index (κ1) is 16.6. The average Bonchev–Trinajstić information content (AvgIpc) is 2.26. The Kier molecular flexibility index (Phi) is 11.8. The zero-order valence-corrected chi connectivity index (χ0v) is 12.2. The molecule has 0 aliphatic heterocycles. The molecule has 0 rings (SSSR count). The van der Waals surface area contributed by atoms with Crippen molar-refractivity contribution in [2.24, 2.45) is 0 Å². The fourth-order valence-corrected chi connectivity index (χ4v) is 2.07. The van der Waals surface area contributed by atoms with Crippen LogP contribution in [0.2, 0.25) is 0 Å². The highest BCUT2D eigenvalue weighted by molar-refractivity contribution is 7.99. The second-order valence-corrected chi connectivity index (χ2v) is 5.41. The summed E-state index contributed by atoms with van der Waals surface area (Å²) in [6.07, 6.45) is 7.13. The van der Waals surface area contributed by atoms with Gasteiger partial charge >= 0.3 is 6.16 Å². The van der Waals surface area contributed by atoms with Gasteiger partial charge in [0.1, 0.15) is 5.94 Å². The van der Waals surface area contributed by atoms with Gasteiger partial charge in [-0.05, 0) is 26.0 Å². The molecule has 102 valence electrons. The van der Waals surface area contributed by atoms with Crippen LogP contribution in [0.1, 0.15) is 59.3 Å². The maximum absolute atomic E-state index is 11.0. The highest BCUT2D eigenvalue weighted by Gasteiger charge is 2.05. The van der Waals surface area contributed by atoms with Crippen LogP contribution >= 0.6 is 11.8 Å². The van der Waals surface area contributed by atoms with Gasteiger partial charge in [-0.3, -0.25) is 0 Å². The zero-order chi connectivity index (χ0) is 12.9. The molecule has 0 aliphatic rings. The Morgan fingerprint density at radius 1 is 1.12 bits per heavy atom. The number of hydrogen-bond donors (Lipinski definition) is 0. The molecule has 0 aromatic rings. The summed E-state index contributed by atoms with van der Waals surface area (Å²) in [5.74, 6) is 1.46. The molecular weight excluding hydrogens is 236 g/mol. The van der Waals surface area contributed by atoms with E-state index in [0.717, 1.165) is 5.75 Å². The second-order valence-electron chi connectivity index (χ2n) is 4.35. The standard InChI is InChI=1S/C13H26O3S/c1-4-5-6-7-8-9-10-17-11-15-13(14)16-12(2)3/h12H,4-11H2,1-3H3. The van der Waals surface area contributed by atoms with E-state index in [4.69, 9.17) is 9.47 Å². The highest BCUT2D eigenvalue weighted by Crippen LogP contribution is 2.10. The maximum Gasteiger partial charge on any atom is 0.509 e. The Bertz CT molecular complexity index is 184. The minimum atomic E-state index is -0.560. The van der Waals surface area contributed by atoms with Gasteiger partial charge in [0.25, 0.3) is 0 Å². The summed E-state index contributed by atoms with van der Waals surface area (Å²) in [7, 11) is 0. The summed E-state index contributed by atoms with van der Waals surface area (Å²) >= 11 is 1.65. The van der Waals surface area contributed by atoms with Crippen molar-refractivity contribution in [2.45, 2.75) is 65.4 Å². The number of rotatable bonds is 10. The normalized spacial score (nSPS) is 10.6. The fourth-order valence-electron chi connectivity index (χ4n) is 1.36. The van der Waals surface area contributed by atoms with Crippen molar-refractivity contribution in [2.75, 3.05) is 11.7 Å². The van der Waals surface area contributed by atoms with Crippen molar-refractivity contribution in [3.63, 3.8) is 0 Å². The molecule has 0 heterocycles. The first-order chi connectivity index (χ1) is 8.16. The van der Waals surface area contributed by atoms with Gasteiger partial charge in [0.2, 0.25) is 0 Å². The number of thioether (sulfide) groups is 1. The predicted molar refractivity (Wildman–Crippen MR) is 73.4 cm³/mol. The SMILES string of the molecule is CCCCCCCCSCOC(=O)OC(C)C. The van der Waals surface area contributed by atoms with Crippen LogP contribution in [0, 0.1) is 0 Å². The monoisotopic (exact) mass is 262 g/mol. The van der Waals surface area contributed by atoms with E-state index in [1.165, 1.54) is 38.5 Å². The number of hydrogen-bond acceptors (Lipinski definition) is 4. The lowest BCUT2D eigenvalue weighted by Crippen LogP contribution is -2.12.